The second-order valence-corrected chi connectivity index (χ2v) is 4.85. The van der Waals surface area contributed by atoms with E-state index in [0.717, 1.165) is 15.4 Å². The van der Waals surface area contributed by atoms with Gasteiger partial charge in [-0.15, -0.1) is 0 Å². The molecule has 1 aromatic heterocycles. The minimum atomic E-state index is -0.538. The number of furan rings is 1. The Morgan fingerprint density at radius 1 is 1.33 bits per heavy atom. The Hall–Kier alpha value is -0.800. The van der Waals surface area contributed by atoms with Gasteiger partial charge in [0.15, 0.2) is 0 Å². The van der Waals surface area contributed by atoms with E-state index in [2.05, 4.69) is 15.9 Å². The van der Waals surface area contributed by atoms with E-state index in [-0.39, 0.29) is 5.92 Å². The van der Waals surface area contributed by atoms with Crippen molar-refractivity contribution < 1.29 is 9.52 Å². The molecule has 0 fully saturated rings. The quantitative estimate of drug-likeness (QED) is 0.897. The molecule has 1 aromatic carbocycles. The highest BCUT2D eigenvalue weighted by atomic mass is 79.9. The number of hydrogen-bond donors (Lipinski definition) is 1. The van der Waals surface area contributed by atoms with Crippen LogP contribution < -0.4 is 0 Å². The van der Waals surface area contributed by atoms with Crippen LogP contribution in [-0.4, -0.2) is 5.11 Å². The molecule has 1 heterocycles. The standard InChI is InChI=1S/C12H13BrO2/c1-7(2)11(14)10-6-8-4-3-5-9(13)12(8)15-10/h3-7,11,14H,1-2H3. The first-order valence-corrected chi connectivity index (χ1v) is 5.75. The highest BCUT2D eigenvalue weighted by Gasteiger charge is 2.17. The number of rotatable bonds is 2. The highest BCUT2D eigenvalue weighted by Crippen LogP contribution is 2.31. The molecule has 1 atom stereocenters. The lowest BCUT2D eigenvalue weighted by Crippen LogP contribution is -2.03. The average Bonchev–Trinajstić information content (AvgIpc) is 2.61. The Labute approximate surface area is 97.0 Å². The topological polar surface area (TPSA) is 33.4 Å². The number of aliphatic hydroxyl groups excluding tert-OH is 1. The largest absolute Gasteiger partial charge is 0.457 e. The summed E-state index contributed by atoms with van der Waals surface area (Å²) < 4.78 is 6.54. The number of para-hydroxylation sites is 1. The summed E-state index contributed by atoms with van der Waals surface area (Å²) in [7, 11) is 0. The molecule has 3 heteroatoms. The van der Waals surface area contributed by atoms with E-state index in [9.17, 15) is 5.11 Å². The van der Waals surface area contributed by atoms with Crippen LogP contribution in [0.5, 0.6) is 0 Å². The molecule has 0 amide bonds. The van der Waals surface area contributed by atoms with Crippen molar-refractivity contribution in [1.29, 1.82) is 0 Å². The van der Waals surface area contributed by atoms with E-state index in [4.69, 9.17) is 4.42 Å². The van der Waals surface area contributed by atoms with E-state index in [1.807, 2.05) is 38.1 Å². The predicted molar refractivity (Wildman–Crippen MR) is 63.7 cm³/mol. The second-order valence-electron chi connectivity index (χ2n) is 4.00. The lowest BCUT2D eigenvalue weighted by Gasteiger charge is -2.10. The van der Waals surface area contributed by atoms with Gasteiger partial charge in [-0.3, -0.25) is 0 Å². The van der Waals surface area contributed by atoms with Crippen LogP contribution in [0.1, 0.15) is 25.7 Å². The van der Waals surface area contributed by atoms with Gasteiger partial charge in [-0.2, -0.15) is 0 Å². The fourth-order valence-corrected chi connectivity index (χ4v) is 1.98. The number of halogens is 1. The molecule has 1 unspecified atom stereocenters. The highest BCUT2D eigenvalue weighted by molar-refractivity contribution is 9.10. The molecule has 2 nitrogen and oxygen atoms in total. The zero-order chi connectivity index (χ0) is 11.0. The van der Waals surface area contributed by atoms with Gasteiger partial charge in [0.1, 0.15) is 17.4 Å². The zero-order valence-corrected chi connectivity index (χ0v) is 10.3. The molecule has 0 aliphatic rings. The van der Waals surface area contributed by atoms with Gasteiger partial charge in [0.05, 0.1) is 4.47 Å². The average molecular weight is 269 g/mol. The molecule has 0 aliphatic carbocycles. The van der Waals surface area contributed by atoms with E-state index in [0.29, 0.717) is 5.76 Å². The minimum Gasteiger partial charge on any atom is -0.457 e. The molecule has 0 radical (unpaired) electrons. The SMILES string of the molecule is CC(C)C(O)c1cc2cccc(Br)c2o1. The van der Waals surface area contributed by atoms with Gasteiger partial charge >= 0.3 is 0 Å². The summed E-state index contributed by atoms with van der Waals surface area (Å²) in [4.78, 5) is 0. The summed E-state index contributed by atoms with van der Waals surface area (Å²) in [5.41, 5.74) is 0.798. The molecular formula is C12H13BrO2. The van der Waals surface area contributed by atoms with Crippen LogP contribution in [0.15, 0.2) is 33.2 Å². The molecule has 2 aromatic rings. The third-order valence-corrected chi connectivity index (χ3v) is 3.06. The van der Waals surface area contributed by atoms with Crippen molar-refractivity contribution >= 4 is 26.9 Å². The molecule has 0 saturated carbocycles. The summed E-state index contributed by atoms with van der Waals surface area (Å²) in [6.45, 7) is 3.93. The first kappa shape index (κ1) is 10.7. The maximum atomic E-state index is 9.88. The molecule has 1 N–H and O–H groups in total. The van der Waals surface area contributed by atoms with Gasteiger partial charge in [-0.25, -0.2) is 0 Å². The molecule has 2 rings (SSSR count). The third-order valence-electron chi connectivity index (χ3n) is 2.44. The predicted octanol–water partition coefficient (Wildman–Crippen LogP) is 3.88. The Morgan fingerprint density at radius 2 is 2.07 bits per heavy atom. The van der Waals surface area contributed by atoms with Crippen molar-refractivity contribution in [1.82, 2.24) is 0 Å². The zero-order valence-electron chi connectivity index (χ0n) is 8.70. The van der Waals surface area contributed by atoms with Crippen LogP contribution in [0.2, 0.25) is 0 Å². The van der Waals surface area contributed by atoms with Gasteiger partial charge in [-0.1, -0.05) is 26.0 Å². The molecule has 0 aliphatic heterocycles. The Bertz CT molecular complexity index is 473. The normalized spacial score (nSPS) is 13.7. The summed E-state index contributed by atoms with van der Waals surface area (Å²) in [5.74, 6) is 0.788. The summed E-state index contributed by atoms with van der Waals surface area (Å²) >= 11 is 3.42. The maximum Gasteiger partial charge on any atom is 0.148 e. The van der Waals surface area contributed by atoms with Crippen molar-refractivity contribution in [3.05, 3.63) is 34.5 Å². The number of benzene rings is 1. The minimum absolute atomic E-state index is 0.157. The van der Waals surface area contributed by atoms with Crippen molar-refractivity contribution in [2.24, 2.45) is 5.92 Å². The fraction of sp³-hybridized carbons (Fsp3) is 0.333. The van der Waals surface area contributed by atoms with Crippen LogP contribution in [0.25, 0.3) is 11.0 Å². The molecular weight excluding hydrogens is 256 g/mol. The number of fused-ring (bicyclic) bond motifs is 1. The van der Waals surface area contributed by atoms with Gasteiger partial charge in [-0.05, 0) is 34.0 Å². The van der Waals surface area contributed by atoms with E-state index in [1.165, 1.54) is 0 Å². The Kier molecular flexibility index (Phi) is 2.85. The van der Waals surface area contributed by atoms with Crippen molar-refractivity contribution in [2.75, 3.05) is 0 Å². The van der Waals surface area contributed by atoms with E-state index >= 15 is 0 Å². The van der Waals surface area contributed by atoms with Crippen LogP contribution >= 0.6 is 15.9 Å². The van der Waals surface area contributed by atoms with Crippen LogP contribution in [-0.2, 0) is 0 Å². The van der Waals surface area contributed by atoms with Gasteiger partial charge in [0, 0.05) is 5.39 Å². The van der Waals surface area contributed by atoms with Crippen LogP contribution in [0.3, 0.4) is 0 Å². The number of aliphatic hydroxyl groups is 1. The van der Waals surface area contributed by atoms with E-state index < -0.39 is 6.10 Å². The molecule has 0 bridgehead atoms. The number of hydrogen-bond acceptors (Lipinski definition) is 2. The Morgan fingerprint density at radius 3 is 2.67 bits per heavy atom. The van der Waals surface area contributed by atoms with Crippen LogP contribution in [0, 0.1) is 5.92 Å². The van der Waals surface area contributed by atoms with Crippen molar-refractivity contribution in [3.63, 3.8) is 0 Å². The third kappa shape index (κ3) is 1.94. The molecule has 15 heavy (non-hydrogen) atoms. The van der Waals surface area contributed by atoms with Gasteiger partial charge in [0.2, 0.25) is 0 Å². The monoisotopic (exact) mass is 268 g/mol. The molecule has 0 saturated heterocycles. The molecule has 80 valence electrons. The lowest BCUT2D eigenvalue weighted by atomic mass is 10.1. The second kappa shape index (κ2) is 3.99. The summed E-state index contributed by atoms with van der Waals surface area (Å²) in [6, 6.07) is 7.75. The summed E-state index contributed by atoms with van der Waals surface area (Å²) in [5, 5.41) is 10.9. The van der Waals surface area contributed by atoms with E-state index in [1.54, 1.807) is 0 Å². The van der Waals surface area contributed by atoms with Crippen molar-refractivity contribution in [2.45, 2.75) is 20.0 Å². The Balaban J connectivity index is 2.52. The van der Waals surface area contributed by atoms with Gasteiger partial charge < -0.3 is 9.52 Å². The smallest absolute Gasteiger partial charge is 0.148 e. The van der Waals surface area contributed by atoms with Gasteiger partial charge in [0.25, 0.3) is 0 Å². The summed E-state index contributed by atoms with van der Waals surface area (Å²) in [6.07, 6.45) is -0.538. The van der Waals surface area contributed by atoms with Crippen molar-refractivity contribution in [3.8, 4) is 0 Å². The maximum absolute atomic E-state index is 9.88. The first-order chi connectivity index (χ1) is 7.09. The first-order valence-electron chi connectivity index (χ1n) is 4.95. The lowest BCUT2D eigenvalue weighted by molar-refractivity contribution is 0.104. The van der Waals surface area contributed by atoms with Crippen LogP contribution in [0.4, 0.5) is 0 Å². The molecule has 0 spiro atoms. The fourth-order valence-electron chi connectivity index (χ4n) is 1.52.